The minimum atomic E-state index is -0.566. The van der Waals surface area contributed by atoms with E-state index >= 15 is 0 Å². The number of carbonyl (C=O) groups excluding carboxylic acids is 2. The van der Waals surface area contributed by atoms with Crippen molar-refractivity contribution >= 4 is 23.4 Å². The van der Waals surface area contributed by atoms with Crippen molar-refractivity contribution in [2.24, 2.45) is 0 Å². The van der Waals surface area contributed by atoms with Crippen LogP contribution in [0.3, 0.4) is 0 Å². The van der Waals surface area contributed by atoms with Gasteiger partial charge in [0.25, 0.3) is 5.91 Å². The van der Waals surface area contributed by atoms with E-state index < -0.39 is 17.6 Å². The van der Waals surface area contributed by atoms with E-state index in [4.69, 9.17) is 16.1 Å². The predicted octanol–water partition coefficient (Wildman–Crippen LogP) is 1.42. The standard InChI is InChI=1S/C16H14ClFN6O3/c17-11-7-21-24(8-11)9-20-15(26)16-22-13(23-27-16)4-5-19-14(25)10-2-1-3-12(18)6-10/h1-3,6-8H,4-5,9H2,(H,19,25)(H,20,26). The van der Waals surface area contributed by atoms with Crippen molar-refractivity contribution < 1.29 is 18.5 Å². The third-order valence-corrected chi connectivity index (χ3v) is 3.58. The van der Waals surface area contributed by atoms with Gasteiger partial charge in [-0.3, -0.25) is 14.3 Å². The maximum absolute atomic E-state index is 13.1. The molecule has 0 saturated heterocycles. The van der Waals surface area contributed by atoms with Gasteiger partial charge in [-0.1, -0.05) is 22.8 Å². The summed E-state index contributed by atoms with van der Waals surface area (Å²) < 4.78 is 19.4. The lowest BCUT2D eigenvalue weighted by Gasteiger charge is -2.03. The molecular weight excluding hydrogens is 379 g/mol. The number of benzene rings is 1. The first kappa shape index (κ1) is 18.5. The van der Waals surface area contributed by atoms with Crippen molar-refractivity contribution in [2.75, 3.05) is 6.54 Å². The van der Waals surface area contributed by atoms with E-state index in [-0.39, 0.29) is 36.9 Å². The molecule has 0 aliphatic heterocycles. The Morgan fingerprint density at radius 2 is 2.11 bits per heavy atom. The second-order valence-corrected chi connectivity index (χ2v) is 5.83. The molecule has 0 radical (unpaired) electrons. The summed E-state index contributed by atoms with van der Waals surface area (Å²) in [5.41, 5.74) is 0.210. The number of nitrogens with zero attached hydrogens (tertiary/aromatic N) is 4. The molecular formula is C16H14ClFN6O3. The second kappa shape index (κ2) is 8.41. The average Bonchev–Trinajstić information content (AvgIpc) is 3.29. The maximum atomic E-state index is 13.1. The van der Waals surface area contributed by atoms with Gasteiger partial charge in [-0.05, 0) is 18.2 Å². The number of amides is 2. The normalized spacial score (nSPS) is 10.6. The highest BCUT2D eigenvalue weighted by molar-refractivity contribution is 6.30. The summed E-state index contributed by atoms with van der Waals surface area (Å²) >= 11 is 5.73. The predicted molar refractivity (Wildman–Crippen MR) is 91.4 cm³/mol. The molecule has 0 fully saturated rings. The van der Waals surface area contributed by atoms with E-state index in [0.29, 0.717) is 5.02 Å². The number of hydrogen-bond donors (Lipinski definition) is 2. The van der Waals surface area contributed by atoms with E-state index in [1.807, 2.05) is 0 Å². The first-order valence-corrected chi connectivity index (χ1v) is 8.21. The summed E-state index contributed by atoms with van der Waals surface area (Å²) in [7, 11) is 0. The maximum Gasteiger partial charge on any atom is 0.315 e. The van der Waals surface area contributed by atoms with Crippen LogP contribution in [0.1, 0.15) is 26.9 Å². The Bertz CT molecular complexity index is 957. The largest absolute Gasteiger partial charge is 0.352 e. The Labute approximate surface area is 157 Å². The SMILES string of the molecule is O=C(NCCc1noc(C(=O)NCn2cc(Cl)cn2)n1)c1cccc(F)c1. The molecule has 1 aromatic carbocycles. The summed E-state index contributed by atoms with van der Waals surface area (Å²) in [5.74, 6) is -1.44. The zero-order valence-corrected chi connectivity index (χ0v) is 14.6. The van der Waals surface area contributed by atoms with Crippen molar-refractivity contribution in [1.29, 1.82) is 0 Å². The first-order chi connectivity index (χ1) is 13.0. The molecule has 27 heavy (non-hydrogen) atoms. The van der Waals surface area contributed by atoms with Crippen molar-refractivity contribution in [2.45, 2.75) is 13.1 Å². The number of aromatic nitrogens is 4. The van der Waals surface area contributed by atoms with Crippen LogP contribution in [0.2, 0.25) is 5.02 Å². The van der Waals surface area contributed by atoms with Crippen molar-refractivity contribution in [1.82, 2.24) is 30.6 Å². The van der Waals surface area contributed by atoms with Gasteiger partial charge < -0.3 is 15.2 Å². The molecule has 0 aliphatic rings. The molecule has 11 heteroatoms. The summed E-state index contributed by atoms with van der Waals surface area (Å²) in [5, 5.41) is 13.2. The van der Waals surface area contributed by atoms with Crippen LogP contribution in [0.15, 0.2) is 41.2 Å². The van der Waals surface area contributed by atoms with Crippen LogP contribution in [-0.4, -0.2) is 38.3 Å². The van der Waals surface area contributed by atoms with Crippen LogP contribution in [0.25, 0.3) is 0 Å². The molecule has 2 heterocycles. The molecule has 3 rings (SSSR count). The lowest BCUT2D eigenvalue weighted by molar-refractivity contribution is 0.0895. The fourth-order valence-corrected chi connectivity index (χ4v) is 2.28. The Hall–Kier alpha value is -3.27. The van der Waals surface area contributed by atoms with Gasteiger partial charge in [0.15, 0.2) is 5.82 Å². The molecule has 9 nitrogen and oxygen atoms in total. The number of carbonyl (C=O) groups is 2. The molecule has 140 valence electrons. The van der Waals surface area contributed by atoms with Gasteiger partial charge in [0, 0.05) is 24.7 Å². The van der Waals surface area contributed by atoms with E-state index in [1.54, 1.807) is 6.20 Å². The van der Waals surface area contributed by atoms with Crippen molar-refractivity contribution in [3.8, 4) is 0 Å². The van der Waals surface area contributed by atoms with Crippen LogP contribution >= 0.6 is 11.6 Å². The molecule has 2 amide bonds. The number of nitrogens with one attached hydrogen (secondary N) is 2. The van der Waals surface area contributed by atoms with Crippen LogP contribution in [-0.2, 0) is 13.1 Å². The van der Waals surface area contributed by atoms with Gasteiger partial charge in [-0.15, -0.1) is 0 Å². The fraction of sp³-hybridized carbons (Fsp3) is 0.188. The molecule has 2 aromatic heterocycles. The Morgan fingerprint density at radius 1 is 1.26 bits per heavy atom. The van der Waals surface area contributed by atoms with Crippen LogP contribution in [0, 0.1) is 5.82 Å². The average molecular weight is 393 g/mol. The highest BCUT2D eigenvalue weighted by atomic mass is 35.5. The third-order valence-electron chi connectivity index (χ3n) is 3.39. The molecule has 0 saturated carbocycles. The van der Waals surface area contributed by atoms with Gasteiger partial charge >= 0.3 is 11.8 Å². The van der Waals surface area contributed by atoms with E-state index in [1.165, 1.54) is 29.1 Å². The fourth-order valence-electron chi connectivity index (χ4n) is 2.12. The van der Waals surface area contributed by atoms with Gasteiger partial charge in [0.2, 0.25) is 0 Å². The second-order valence-electron chi connectivity index (χ2n) is 5.39. The van der Waals surface area contributed by atoms with E-state index in [2.05, 4.69) is 25.9 Å². The zero-order chi connectivity index (χ0) is 19.2. The van der Waals surface area contributed by atoms with E-state index in [9.17, 15) is 14.0 Å². The number of halogens is 2. The zero-order valence-electron chi connectivity index (χ0n) is 13.9. The third kappa shape index (κ3) is 5.11. The first-order valence-electron chi connectivity index (χ1n) is 7.84. The van der Waals surface area contributed by atoms with Crippen LogP contribution < -0.4 is 10.6 Å². The smallest absolute Gasteiger partial charge is 0.315 e. The molecule has 2 N–H and O–H groups in total. The molecule has 0 atom stereocenters. The summed E-state index contributed by atoms with van der Waals surface area (Å²) in [6, 6.07) is 5.34. The number of rotatable bonds is 7. The van der Waals surface area contributed by atoms with Gasteiger partial charge in [0.1, 0.15) is 12.5 Å². The summed E-state index contributed by atoms with van der Waals surface area (Å²) in [6.07, 6.45) is 3.23. The Balaban J connectivity index is 1.46. The highest BCUT2D eigenvalue weighted by Gasteiger charge is 2.15. The summed E-state index contributed by atoms with van der Waals surface area (Å²) in [6.45, 7) is 0.286. The minimum absolute atomic E-state index is 0.0902. The molecule has 3 aromatic rings. The number of hydrogen-bond acceptors (Lipinski definition) is 6. The molecule has 0 bridgehead atoms. The topological polar surface area (TPSA) is 115 Å². The van der Waals surface area contributed by atoms with Gasteiger partial charge in [-0.2, -0.15) is 10.1 Å². The highest BCUT2D eigenvalue weighted by Crippen LogP contribution is 2.05. The van der Waals surface area contributed by atoms with Gasteiger partial charge in [0.05, 0.1) is 11.2 Å². The van der Waals surface area contributed by atoms with Gasteiger partial charge in [-0.25, -0.2) is 4.39 Å². The molecule has 0 unspecified atom stereocenters. The van der Waals surface area contributed by atoms with Crippen molar-refractivity contribution in [3.05, 3.63) is 64.8 Å². The quantitative estimate of drug-likeness (QED) is 0.628. The lowest BCUT2D eigenvalue weighted by Crippen LogP contribution is -2.27. The lowest BCUT2D eigenvalue weighted by atomic mass is 10.2. The van der Waals surface area contributed by atoms with Crippen molar-refractivity contribution in [3.63, 3.8) is 0 Å². The van der Waals surface area contributed by atoms with Crippen LogP contribution in [0.5, 0.6) is 0 Å². The van der Waals surface area contributed by atoms with E-state index in [0.717, 1.165) is 6.07 Å². The Kier molecular flexibility index (Phi) is 5.77. The monoisotopic (exact) mass is 392 g/mol. The Morgan fingerprint density at radius 3 is 2.85 bits per heavy atom. The summed E-state index contributed by atoms with van der Waals surface area (Å²) in [4.78, 5) is 27.8. The van der Waals surface area contributed by atoms with Crippen LogP contribution in [0.4, 0.5) is 4.39 Å². The minimum Gasteiger partial charge on any atom is -0.352 e. The molecule has 0 spiro atoms. The molecule has 0 aliphatic carbocycles.